The molecule has 0 saturated carbocycles. The molecule has 0 radical (unpaired) electrons. The summed E-state index contributed by atoms with van der Waals surface area (Å²) in [5.74, 6) is 0.968. The van der Waals surface area contributed by atoms with Crippen molar-refractivity contribution < 1.29 is 0 Å². The first kappa shape index (κ1) is 33.0. The lowest BCUT2D eigenvalue weighted by Crippen LogP contribution is -1.95. The predicted molar refractivity (Wildman–Crippen MR) is 154 cm³/mol. The van der Waals surface area contributed by atoms with E-state index in [1.54, 1.807) is 0 Å². The fourth-order valence-corrected chi connectivity index (χ4v) is 5.34. The standard InChI is InChI=1S/C33H68/c1-4-6-8-10-12-14-15-16-17-18-19-20-21-22-24-26-28-30-32-33(3)31-29-27-25-23-13-11-9-7-5-2/h33H,4-32H2,1-3H3. The molecule has 0 amide bonds. The summed E-state index contributed by atoms with van der Waals surface area (Å²) >= 11 is 0. The average Bonchev–Trinajstić information content (AvgIpc) is 2.82. The second-order valence-corrected chi connectivity index (χ2v) is 11.5. The molecule has 0 aromatic heterocycles. The number of unbranched alkanes of at least 4 members (excludes halogenated alkanes) is 25. The van der Waals surface area contributed by atoms with Gasteiger partial charge < -0.3 is 0 Å². The fourth-order valence-electron chi connectivity index (χ4n) is 5.34. The van der Waals surface area contributed by atoms with Gasteiger partial charge in [0.1, 0.15) is 0 Å². The van der Waals surface area contributed by atoms with Gasteiger partial charge in [0.05, 0.1) is 0 Å². The molecule has 0 aliphatic heterocycles. The van der Waals surface area contributed by atoms with Crippen LogP contribution < -0.4 is 0 Å². The minimum atomic E-state index is 0.968. The van der Waals surface area contributed by atoms with Gasteiger partial charge in [0.25, 0.3) is 0 Å². The van der Waals surface area contributed by atoms with E-state index in [2.05, 4.69) is 20.8 Å². The lowest BCUT2D eigenvalue weighted by Gasteiger charge is -2.11. The van der Waals surface area contributed by atoms with Gasteiger partial charge in [0.2, 0.25) is 0 Å². The Morgan fingerprint density at radius 3 is 0.667 bits per heavy atom. The lowest BCUT2D eigenvalue weighted by atomic mass is 9.95. The maximum Gasteiger partial charge on any atom is -0.0443 e. The van der Waals surface area contributed by atoms with Gasteiger partial charge in [-0.25, -0.2) is 0 Å². The zero-order valence-electron chi connectivity index (χ0n) is 24.1. The molecule has 0 fully saturated rings. The molecule has 0 aromatic carbocycles. The third-order valence-corrected chi connectivity index (χ3v) is 7.85. The van der Waals surface area contributed by atoms with Crippen LogP contribution in [0.5, 0.6) is 0 Å². The molecule has 200 valence electrons. The fraction of sp³-hybridized carbons (Fsp3) is 1.00. The van der Waals surface area contributed by atoms with Gasteiger partial charge in [-0.1, -0.05) is 207 Å². The third kappa shape index (κ3) is 30.0. The van der Waals surface area contributed by atoms with Crippen LogP contribution in [0.3, 0.4) is 0 Å². The van der Waals surface area contributed by atoms with Gasteiger partial charge in [-0.15, -0.1) is 0 Å². The quantitative estimate of drug-likeness (QED) is 0.0965. The Hall–Kier alpha value is 0. The lowest BCUT2D eigenvalue weighted by molar-refractivity contribution is 0.430. The van der Waals surface area contributed by atoms with E-state index in [0.717, 1.165) is 5.92 Å². The Labute approximate surface area is 212 Å². The molecule has 0 bridgehead atoms. The van der Waals surface area contributed by atoms with Crippen molar-refractivity contribution in [2.24, 2.45) is 5.92 Å². The summed E-state index contributed by atoms with van der Waals surface area (Å²) in [5, 5.41) is 0. The Kier molecular flexibility index (Phi) is 30.0. The smallest absolute Gasteiger partial charge is 0.0443 e. The Balaban J connectivity index is 3.11. The van der Waals surface area contributed by atoms with E-state index >= 15 is 0 Å². The molecule has 0 nitrogen and oxygen atoms in total. The zero-order valence-corrected chi connectivity index (χ0v) is 24.1. The van der Waals surface area contributed by atoms with Crippen molar-refractivity contribution in [2.75, 3.05) is 0 Å². The van der Waals surface area contributed by atoms with Crippen LogP contribution >= 0.6 is 0 Å². The van der Waals surface area contributed by atoms with Crippen LogP contribution in [0.4, 0.5) is 0 Å². The van der Waals surface area contributed by atoms with Crippen molar-refractivity contribution in [3.8, 4) is 0 Å². The second-order valence-electron chi connectivity index (χ2n) is 11.5. The van der Waals surface area contributed by atoms with E-state index in [1.807, 2.05) is 0 Å². The van der Waals surface area contributed by atoms with Crippen LogP contribution in [0.25, 0.3) is 0 Å². The van der Waals surface area contributed by atoms with Crippen LogP contribution in [0.2, 0.25) is 0 Å². The van der Waals surface area contributed by atoms with Gasteiger partial charge >= 0.3 is 0 Å². The molecule has 0 heteroatoms. The van der Waals surface area contributed by atoms with Crippen molar-refractivity contribution in [2.45, 2.75) is 207 Å². The molecule has 1 unspecified atom stereocenters. The summed E-state index contributed by atoms with van der Waals surface area (Å²) in [5.41, 5.74) is 0. The molecule has 0 spiro atoms. The molecular weight excluding hydrogens is 396 g/mol. The minimum Gasteiger partial charge on any atom is -0.0654 e. The first-order valence-electron chi connectivity index (χ1n) is 16.3. The third-order valence-electron chi connectivity index (χ3n) is 7.85. The first-order valence-corrected chi connectivity index (χ1v) is 16.3. The summed E-state index contributed by atoms with van der Waals surface area (Å²) in [6, 6.07) is 0. The van der Waals surface area contributed by atoms with Gasteiger partial charge in [-0.2, -0.15) is 0 Å². The maximum atomic E-state index is 2.50. The van der Waals surface area contributed by atoms with Gasteiger partial charge in [-0.05, 0) is 5.92 Å². The SMILES string of the molecule is CCCCCCCCCCCCCCCCCCCCC(C)CCCCCCCCCCC. The first-order chi connectivity index (χ1) is 16.3. The molecule has 0 N–H and O–H groups in total. The number of rotatable bonds is 29. The molecular formula is C33H68. The summed E-state index contributed by atoms with van der Waals surface area (Å²) in [4.78, 5) is 0. The summed E-state index contributed by atoms with van der Waals surface area (Å²) in [6.45, 7) is 7.11. The molecule has 0 saturated heterocycles. The van der Waals surface area contributed by atoms with E-state index < -0.39 is 0 Å². The largest absolute Gasteiger partial charge is 0.0654 e. The highest BCUT2D eigenvalue weighted by Crippen LogP contribution is 2.19. The Bertz CT molecular complexity index is 320. The van der Waals surface area contributed by atoms with Crippen LogP contribution in [0.1, 0.15) is 207 Å². The van der Waals surface area contributed by atoms with Crippen molar-refractivity contribution >= 4 is 0 Å². The monoisotopic (exact) mass is 465 g/mol. The maximum absolute atomic E-state index is 2.50. The summed E-state index contributed by atoms with van der Waals surface area (Å²) in [7, 11) is 0. The highest BCUT2D eigenvalue weighted by Gasteiger charge is 2.02. The summed E-state index contributed by atoms with van der Waals surface area (Å²) < 4.78 is 0. The van der Waals surface area contributed by atoms with Crippen LogP contribution in [0.15, 0.2) is 0 Å². The Morgan fingerprint density at radius 2 is 0.455 bits per heavy atom. The Morgan fingerprint density at radius 1 is 0.273 bits per heavy atom. The molecule has 0 rings (SSSR count). The van der Waals surface area contributed by atoms with Crippen molar-refractivity contribution in [1.82, 2.24) is 0 Å². The topological polar surface area (TPSA) is 0 Å². The van der Waals surface area contributed by atoms with E-state index in [-0.39, 0.29) is 0 Å². The zero-order chi connectivity index (χ0) is 24.1. The van der Waals surface area contributed by atoms with Crippen LogP contribution in [-0.4, -0.2) is 0 Å². The molecule has 1 atom stereocenters. The van der Waals surface area contributed by atoms with E-state index in [9.17, 15) is 0 Å². The minimum absolute atomic E-state index is 0.968. The average molecular weight is 465 g/mol. The summed E-state index contributed by atoms with van der Waals surface area (Å²) in [6.07, 6.45) is 42.8. The number of hydrogen-bond donors (Lipinski definition) is 0. The van der Waals surface area contributed by atoms with Crippen molar-refractivity contribution in [3.05, 3.63) is 0 Å². The normalized spacial score (nSPS) is 12.5. The second kappa shape index (κ2) is 30.0. The van der Waals surface area contributed by atoms with E-state index in [1.165, 1.54) is 186 Å². The van der Waals surface area contributed by atoms with Crippen LogP contribution in [-0.2, 0) is 0 Å². The molecule has 33 heavy (non-hydrogen) atoms. The predicted octanol–water partition coefficient (Wildman–Crippen LogP) is 13.0. The van der Waals surface area contributed by atoms with Crippen LogP contribution in [0, 0.1) is 5.92 Å². The van der Waals surface area contributed by atoms with Crippen molar-refractivity contribution in [3.63, 3.8) is 0 Å². The molecule has 0 aromatic rings. The van der Waals surface area contributed by atoms with Gasteiger partial charge in [0, 0.05) is 0 Å². The molecule has 0 heterocycles. The van der Waals surface area contributed by atoms with E-state index in [0.29, 0.717) is 0 Å². The van der Waals surface area contributed by atoms with Gasteiger partial charge in [0.15, 0.2) is 0 Å². The number of hydrogen-bond acceptors (Lipinski definition) is 0. The van der Waals surface area contributed by atoms with Gasteiger partial charge in [-0.3, -0.25) is 0 Å². The molecule has 0 aliphatic carbocycles. The highest BCUT2D eigenvalue weighted by atomic mass is 14.1. The van der Waals surface area contributed by atoms with Crippen molar-refractivity contribution in [1.29, 1.82) is 0 Å². The molecule has 0 aliphatic rings. The highest BCUT2D eigenvalue weighted by molar-refractivity contribution is 4.56. The van der Waals surface area contributed by atoms with E-state index in [4.69, 9.17) is 0 Å².